The van der Waals surface area contributed by atoms with Crippen LogP contribution in [0.5, 0.6) is 0 Å². The largest absolute Gasteiger partial charge is 0.452 e. The number of hydrogen-bond donors (Lipinski definition) is 1. The highest BCUT2D eigenvalue weighted by Crippen LogP contribution is 2.33. The summed E-state index contributed by atoms with van der Waals surface area (Å²) >= 11 is 1.55. The summed E-state index contributed by atoms with van der Waals surface area (Å²) in [6.07, 6.45) is 2.75. The van der Waals surface area contributed by atoms with E-state index in [1.807, 2.05) is 0 Å². The minimum atomic E-state index is -0.568. The Morgan fingerprint density at radius 1 is 1.28 bits per heavy atom. The Morgan fingerprint density at radius 2 is 2.00 bits per heavy atom. The van der Waals surface area contributed by atoms with E-state index in [9.17, 15) is 18.8 Å². The third kappa shape index (κ3) is 5.20. The molecule has 0 saturated carbocycles. The number of primary amides is 1. The van der Waals surface area contributed by atoms with Crippen molar-refractivity contribution in [3.8, 4) is 0 Å². The fourth-order valence-electron chi connectivity index (χ4n) is 3.37. The van der Waals surface area contributed by atoms with E-state index in [0.29, 0.717) is 17.2 Å². The number of esters is 1. The minimum absolute atomic E-state index is 0.0170. The fraction of sp³-hybridized carbons (Fsp3) is 0.381. The van der Waals surface area contributed by atoms with E-state index >= 15 is 0 Å². The van der Waals surface area contributed by atoms with Crippen molar-refractivity contribution in [2.75, 3.05) is 18.1 Å². The first-order valence-corrected chi connectivity index (χ1v) is 10.3. The Kier molecular flexibility index (Phi) is 6.64. The zero-order valence-electron chi connectivity index (χ0n) is 16.2. The van der Waals surface area contributed by atoms with Gasteiger partial charge in [0.1, 0.15) is 5.82 Å². The molecule has 1 heterocycles. The molecule has 1 aliphatic carbocycles. The van der Waals surface area contributed by atoms with Gasteiger partial charge in [0.2, 0.25) is 5.91 Å². The zero-order chi connectivity index (χ0) is 21.0. The van der Waals surface area contributed by atoms with Gasteiger partial charge >= 0.3 is 5.97 Å². The molecule has 1 aromatic heterocycles. The summed E-state index contributed by atoms with van der Waals surface area (Å²) in [6.45, 7) is 1.73. The molecule has 1 unspecified atom stereocenters. The fourth-order valence-corrected chi connectivity index (χ4v) is 4.61. The van der Waals surface area contributed by atoms with Crippen molar-refractivity contribution in [2.24, 2.45) is 11.7 Å². The van der Waals surface area contributed by atoms with Gasteiger partial charge < -0.3 is 15.4 Å². The lowest BCUT2D eigenvalue weighted by molar-refractivity contribution is -0.121. The van der Waals surface area contributed by atoms with Gasteiger partial charge in [-0.25, -0.2) is 9.18 Å². The summed E-state index contributed by atoms with van der Waals surface area (Å²) in [5.74, 6) is -1.45. The number of nitrogens with zero attached hydrogens (tertiary/aromatic N) is 1. The molecule has 2 N–H and O–H groups in total. The summed E-state index contributed by atoms with van der Waals surface area (Å²) in [6, 6.07) is 5.27. The molecule has 1 aromatic carbocycles. The first-order valence-electron chi connectivity index (χ1n) is 9.45. The molecule has 2 aromatic rings. The molecule has 0 radical (unpaired) electrons. The van der Waals surface area contributed by atoms with E-state index in [0.717, 1.165) is 24.8 Å². The number of thiophene rings is 1. The molecular formula is C21H23FN2O4S. The monoisotopic (exact) mass is 418 g/mol. The molecule has 6 nitrogen and oxygen atoms in total. The predicted octanol–water partition coefficient (Wildman–Crippen LogP) is 3.08. The number of rotatable bonds is 7. The Bertz CT molecular complexity index is 910. The van der Waals surface area contributed by atoms with Gasteiger partial charge in [0.25, 0.3) is 5.91 Å². The van der Waals surface area contributed by atoms with E-state index in [-0.39, 0.29) is 13.0 Å². The Labute approximate surface area is 172 Å². The second-order valence-corrected chi connectivity index (χ2v) is 8.18. The number of benzene rings is 1. The van der Waals surface area contributed by atoms with Gasteiger partial charge in [-0.3, -0.25) is 9.59 Å². The van der Waals surface area contributed by atoms with Crippen molar-refractivity contribution < 1.29 is 23.5 Å². The lowest BCUT2D eigenvalue weighted by Crippen LogP contribution is -2.37. The normalized spacial score (nSPS) is 15.4. The second-order valence-electron chi connectivity index (χ2n) is 7.21. The molecule has 0 saturated heterocycles. The van der Waals surface area contributed by atoms with Gasteiger partial charge in [-0.05, 0) is 55.0 Å². The van der Waals surface area contributed by atoms with Crippen LogP contribution in [0, 0.1) is 11.7 Å². The van der Waals surface area contributed by atoms with Crippen LogP contribution in [0.4, 0.5) is 10.1 Å². The van der Waals surface area contributed by atoms with Crippen molar-refractivity contribution in [2.45, 2.75) is 32.6 Å². The van der Waals surface area contributed by atoms with E-state index in [1.54, 1.807) is 16.7 Å². The van der Waals surface area contributed by atoms with Gasteiger partial charge in [0.05, 0.1) is 5.56 Å². The lowest BCUT2D eigenvalue weighted by atomic mass is 9.88. The number of ether oxygens (including phenoxy) is 1. The van der Waals surface area contributed by atoms with Crippen LogP contribution in [-0.4, -0.2) is 30.9 Å². The van der Waals surface area contributed by atoms with E-state index in [4.69, 9.17) is 10.5 Å². The van der Waals surface area contributed by atoms with E-state index in [1.165, 1.54) is 34.0 Å². The number of hydrogen-bond acceptors (Lipinski definition) is 5. The number of carbonyl (C=O) groups excluding carboxylic acids is 3. The third-order valence-corrected chi connectivity index (χ3v) is 6.02. The van der Waals surface area contributed by atoms with Crippen LogP contribution >= 0.6 is 11.3 Å². The SMILES string of the molecule is CC1CCc2c(C(=O)OCC(=O)N(CCC(N)=O)c3ccc(F)cc3)csc2C1. The Hall–Kier alpha value is -2.74. The molecule has 8 heteroatoms. The van der Waals surface area contributed by atoms with Crippen molar-refractivity contribution in [1.29, 1.82) is 0 Å². The van der Waals surface area contributed by atoms with Crippen LogP contribution in [-0.2, 0) is 27.2 Å². The van der Waals surface area contributed by atoms with Crippen LogP contribution in [0.1, 0.15) is 40.6 Å². The first kappa shape index (κ1) is 21.0. The van der Waals surface area contributed by atoms with Crippen LogP contribution in [0.2, 0.25) is 0 Å². The molecule has 154 valence electrons. The molecule has 0 spiro atoms. The highest BCUT2D eigenvalue weighted by atomic mass is 32.1. The first-order chi connectivity index (χ1) is 13.8. The molecule has 29 heavy (non-hydrogen) atoms. The highest BCUT2D eigenvalue weighted by Gasteiger charge is 2.25. The molecule has 2 amide bonds. The number of anilines is 1. The summed E-state index contributed by atoms with van der Waals surface area (Å²) in [5, 5.41) is 1.79. The van der Waals surface area contributed by atoms with Gasteiger partial charge in [0, 0.05) is 28.9 Å². The number of carbonyl (C=O) groups is 3. The Balaban J connectivity index is 1.67. The molecule has 3 rings (SSSR count). The molecular weight excluding hydrogens is 395 g/mol. The van der Waals surface area contributed by atoms with Gasteiger partial charge in [-0.2, -0.15) is 0 Å². The maximum Gasteiger partial charge on any atom is 0.339 e. The summed E-state index contributed by atoms with van der Waals surface area (Å²) in [7, 11) is 0. The van der Waals surface area contributed by atoms with E-state index < -0.39 is 30.2 Å². The number of fused-ring (bicyclic) bond motifs is 1. The smallest absolute Gasteiger partial charge is 0.339 e. The average Bonchev–Trinajstić information content (AvgIpc) is 3.10. The van der Waals surface area contributed by atoms with Crippen LogP contribution in [0.25, 0.3) is 0 Å². The van der Waals surface area contributed by atoms with Crippen molar-refractivity contribution in [3.05, 3.63) is 51.5 Å². The van der Waals surface area contributed by atoms with Crippen molar-refractivity contribution in [1.82, 2.24) is 0 Å². The maximum absolute atomic E-state index is 13.2. The summed E-state index contributed by atoms with van der Waals surface area (Å²) in [5.41, 5.74) is 7.13. The zero-order valence-corrected chi connectivity index (χ0v) is 17.0. The summed E-state index contributed by atoms with van der Waals surface area (Å²) in [4.78, 5) is 38.8. The van der Waals surface area contributed by atoms with Crippen molar-refractivity contribution in [3.63, 3.8) is 0 Å². The van der Waals surface area contributed by atoms with Crippen LogP contribution in [0.3, 0.4) is 0 Å². The maximum atomic E-state index is 13.2. The molecule has 0 fully saturated rings. The second kappa shape index (κ2) is 9.17. The molecule has 0 bridgehead atoms. The standard InChI is InChI=1S/C21H23FN2O4S/c1-13-2-7-16-17(12-29-18(16)10-13)21(27)28-11-20(26)24(9-8-19(23)25)15-5-3-14(22)4-6-15/h3-6,12-13H,2,7-11H2,1H3,(H2,23,25). The van der Waals surface area contributed by atoms with E-state index in [2.05, 4.69) is 6.92 Å². The quantitative estimate of drug-likeness (QED) is 0.700. The predicted molar refractivity (Wildman–Crippen MR) is 108 cm³/mol. The van der Waals surface area contributed by atoms with Gasteiger partial charge in [0.15, 0.2) is 6.61 Å². The minimum Gasteiger partial charge on any atom is -0.452 e. The molecule has 1 atom stereocenters. The van der Waals surface area contributed by atoms with Crippen LogP contribution in [0.15, 0.2) is 29.6 Å². The molecule has 0 aliphatic heterocycles. The topological polar surface area (TPSA) is 89.7 Å². The van der Waals surface area contributed by atoms with Gasteiger partial charge in [-0.15, -0.1) is 11.3 Å². The third-order valence-electron chi connectivity index (χ3n) is 4.97. The van der Waals surface area contributed by atoms with Gasteiger partial charge in [-0.1, -0.05) is 6.92 Å². The average molecular weight is 418 g/mol. The van der Waals surface area contributed by atoms with Crippen LogP contribution < -0.4 is 10.6 Å². The number of halogens is 1. The summed E-state index contributed by atoms with van der Waals surface area (Å²) < 4.78 is 18.5. The number of amides is 2. The number of nitrogens with two attached hydrogens (primary N) is 1. The molecule has 1 aliphatic rings. The Morgan fingerprint density at radius 3 is 2.69 bits per heavy atom. The van der Waals surface area contributed by atoms with Crippen molar-refractivity contribution >= 4 is 34.8 Å². The lowest BCUT2D eigenvalue weighted by Gasteiger charge is -2.22. The highest BCUT2D eigenvalue weighted by molar-refractivity contribution is 7.10.